The Bertz CT molecular complexity index is 649. The molecule has 0 aliphatic carbocycles. The summed E-state index contributed by atoms with van der Waals surface area (Å²) in [4.78, 5) is 26.8. The van der Waals surface area contributed by atoms with E-state index in [2.05, 4.69) is 4.98 Å². The maximum atomic E-state index is 12.1. The Morgan fingerprint density at radius 3 is 2.26 bits per heavy atom. The Morgan fingerprint density at radius 2 is 1.78 bits per heavy atom. The number of H-pyrrole nitrogens is 1. The van der Waals surface area contributed by atoms with Crippen molar-refractivity contribution in [1.29, 1.82) is 0 Å². The Kier molecular flexibility index (Phi) is 4.73. The van der Waals surface area contributed by atoms with Gasteiger partial charge in [-0.15, -0.1) is 0 Å². The van der Waals surface area contributed by atoms with E-state index in [1.807, 2.05) is 34.6 Å². The molecule has 0 aromatic carbocycles. The minimum Gasteiger partial charge on any atom is -0.462 e. The summed E-state index contributed by atoms with van der Waals surface area (Å²) < 4.78 is 17.1. The van der Waals surface area contributed by atoms with Crippen molar-refractivity contribution >= 4 is 18.6 Å². The fourth-order valence-corrected chi connectivity index (χ4v) is 2.56. The number of carbonyl (C=O) groups excluding carboxylic acids is 1. The van der Waals surface area contributed by atoms with Crippen molar-refractivity contribution in [3.63, 3.8) is 0 Å². The fourth-order valence-electron chi connectivity index (χ4n) is 2.56. The normalized spacial score (nSPS) is 19.0. The molecule has 1 N–H and O–H groups in total. The van der Waals surface area contributed by atoms with Crippen LogP contribution in [0.2, 0.25) is 0 Å². The molecule has 0 bridgehead atoms. The zero-order valence-electron chi connectivity index (χ0n) is 14.6. The molecule has 0 amide bonds. The van der Waals surface area contributed by atoms with Crippen LogP contribution in [0.1, 0.15) is 57.5 Å². The zero-order valence-corrected chi connectivity index (χ0v) is 14.6. The van der Waals surface area contributed by atoms with Crippen molar-refractivity contribution in [2.24, 2.45) is 0 Å². The molecular weight excluding hydrogens is 297 g/mol. The number of hydrogen-bond donors (Lipinski definition) is 1. The standard InChI is InChI=1S/C16H24BNO5/c1-7-10-11(17-22-15(3,4)16(5,6)23-17)9-18-13(19)12(10)14(20)21-8-2/h9H,7-8H2,1-6H3,(H,18,19). The lowest BCUT2D eigenvalue weighted by Crippen LogP contribution is -2.41. The number of carbonyl (C=O) groups is 1. The van der Waals surface area contributed by atoms with Gasteiger partial charge in [-0.25, -0.2) is 4.79 Å². The summed E-state index contributed by atoms with van der Waals surface area (Å²) in [5, 5.41) is 0. The summed E-state index contributed by atoms with van der Waals surface area (Å²) in [6.45, 7) is 11.6. The Hall–Kier alpha value is -1.60. The molecule has 0 unspecified atom stereocenters. The van der Waals surface area contributed by atoms with Gasteiger partial charge in [0.25, 0.3) is 5.56 Å². The smallest absolute Gasteiger partial charge is 0.462 e. The number of rotatable bonds is 4. The van der Waals surface area contributed by atoms with E-state index in [-0.39, 0.29) is 12.2 Å². The highest BCUT2D eigenvalue weighted by Gasteiger charge is 2.52. The molecule has 1 saturated heterocycles. The van der Waals surface area contributed by atoms with Gasteiger partial charge in [0.05, 0.1) is 17.8 Å². The van der Waals surface area contributed by atoms with E-state index >= 15 is 0 Å². The molecule has 0 atom stereocenters. The van der Waals surface area contributed by atoms with E-state index in [0.717, 1.165) is 0 Å². The molecule has 2 heterocycles. The van der Waals surface area contributed by atoms with Crippen LogP contribution in [0.3, 0.4) is 0 Å². The van der Waals surface area contributed by atoms with E-state index in [4.69, 9.17) is 14.0 Å². The molecule has 1 aromatic rings. The monoisotopic (exact) mass is 321 g/mol. The van der Waals surface area contributed by atoms with Crippen LogP contribution in [-0.4, -0.2) is 35.9 Å². The van der Waals surface area contributed by atoms with Gasteiger partial charge in [-0.2, -0.15) is 0 Å². The van der Waals surface area contributed by atoms with Crippen molar-refractivity contribution in [1.82, 2.24) is 4.98 Å². The maximum Gasteiger partial charge on any atom is 0.496 e. The van der Waals surface area contributed by atoms with Crippen molar-refractivity contribution in [3.8, 4) is 0 Å². The number of pyridine rings is 1. The number of ether oxygens (including phenoxy) is 1. The Labute approximate surface area is 136 Å². The average Bonchev–Trinajstić information content (AvgIpc) is 2.66. The molecule has 0 spiro atoms. The van der Waals surface area contributed by atoms with Crippen molar-refractivity contribution < 1.29 is 18.8 Å². The molecule has 7 heteroatoms. The fraction of sp³-hybridized carbons (Fsp3) is 0.625. The summed E-state index contributed by atoms with van der Waals surface area (Å²) in [6.07, 6.45) is 2.06. The minimum absolute atomic E-state index is 0.0292. The topological polar surface area (TPSA) is 77.6 Å². The van der Waals surface area contributed by atoms with E-state index in [1.165, 1.54) is 0 Å². The first-order valence-corrected chi connectivity index (χ1v) is 7.91. The van der Waals surface area contributed by atoms with Crippen LogP contribution in [0.5, 0.6) is 0 Å². The third-order valence-corrected chi connectivity index (χ3v) is 4.58. The molecule has 1 fully saturated rings. The van der Waals surface area contributed by atoms with Gasteiger partial charge in [-0.3, -0.25) is 4.79 Å². The van der Waals surface area contributed by atoms with Crippen LogP contribution in [0, 0.1) is 0 Å². The van der Waals surface area contributed by atoms with Crippen LogP contribution < -0.4 is 11.0 Å². The maximum absolute atomic E-state index is 12.1. The number of aromatic amines is 1. The van der Waals surface area contributed by atoms with Gasteiger partial charge in [0, 0.05) is 11.7 Å². The molecule has 126 valence electrons. The quantitative estimate of drug-likeness (QED) is 0.670. The highest BCUT2D eigenvalue weighted by atomic mass is 16.7. The summed E-state index contributed by atoms with van der Waals surface area (Å²) in [5.41, 5.74) is -0.159. The SMILES string of the molecule is CCOC(=O)c1c(CC)c(B2OC(C)(C)C(C)(C)O2)c[nH]c1=O. The highest BCUT2D eigenvalue weighted by Crippen LogP contribution is 2.36. The lowest BCUT2D eigenvalue weighted by molar-refractivity contribution is 0.00578. The molecule has 23 heavy (non-hydrogen) atoms. The van der Waals surface area contributed by atoms with E-state index in [9.17, 15) is 9.59 Å². The summed E-state index contributed by atoms with van der Waals surface area (Å²) in [5.74, 6) is -0.621. The van der Waals surface area contributed by atoms with Gasteiger partial charge in [0.15, 0.2) is 0 Å². The predicted octanol–water partition coefficient (Wildman–Crippen LogP) is 1.41. The average molecular weight is 321 g/mol. The first kappa shape index (κ1) is 17.8. The zero-order chi connectivity index (χ0) is 17.4. The predicted molar refractivity (Wildman–Crippen MR) is 88.1 cm³/mol. The van der Waals surface area contributed by atoms with Crippen LogP contribution in [0.4, 0.5) is 0 Å². The number of nitrogens with one attached hydrogen (secondary N) is 1. The van der Waals surface area contributed by atoms with E-state index < -0.39 is 29.8 Å². The summed E-state index contributed by atoms with van der Waals surface area (Å²) >= 11 is 0. The summed E-state index contributed by atoms with van der Waals surface area (Å²) in [6, 6.07) is 0. The first-order chi connectivity index (χ1) is 10.6. The van der Waals surface area contributed by atoms with E-state index in [0.29, 0.717) is 17.4 Å². The second-order valence-corrected chi connectivity index (χ2v) is 6.59. The van der Waals surface area contributed by atoms with Gasteiger partial charge >= 0.3 is 13.1 Å². The van der Waals surface area contributed by atoms with Crippen molar-refractivity contribution in [2.75, 3.05) is 6.61 Å². The van der Waals surface area contributed by atoms with Crippen LogP contribution >= 0.6 is 0 Å². The molecule has 1 aliphatic heterocycles. The second-order valence-electron chi connectivity index (χ2n) is 6.59. The van der Waals surface area contributed by atoms with Crippen molar-refractivity contribution in [2.45, 2.75) is 59.2 Å². The summed E-state index contributed by atoms with van der Waals surface area (Å²) in [7, 11) is -0.639. The van der Waals surface area contributed by atoms with Crippen LogP contribution in [-0.2, 0) is 20.5 Å². The van der Waals surface area contributed by atoms with Gasteiger partial charge in [0.2, 0.25) is 0 Å². The molecule has 0 saturated carbocycles. The third-order valence-electron chi connectivity index (χ3n) is 4.58. The van der Waals surface area contributed by atoms with Gasteiger partial charge in [0.1, 0.15) is 5.56 Å². The van der Waals surface area contributed by atoms with Gasteiger partial charge in [-0.1, -0.05) is 6.92 Å². The molecule has 2 rings (SSSR count). The third kappa shape index (κ3) is 3.08. The highest BCUT2D eigenvalue weighted by molar-refractivity contribution is 6.62. The van der Waals surface area contributed by atoms with Gasteiger partial charge < -0.3 is 19.0 Å². The molecule has 1 aliphatic rings. The number of esters is 1. The molecule has 0 radical (unpaired) electrons. The lowest BCUT2D eigenvalue weighted by Gasteiger charge is -2.32. The number of aromatic nitrogens is 1. The molecule has 1 aromatic heterocycles. The van der Waals surface area contributed by atoms with Crippen LogP contribution in [0.15, 0.2) is 11.0 Å². The lowest BCUT2D eigenvalue weighted by atomic mass is 9.75. The van der Waals surface area contributed by atoms with Crippen LogP contribution in [0.25, 0.3) is 0 Å². The van der Waals surface area contributed by atoms with Crippen molar-refractivity contribution in [3.05, 3.63) is 27.7 Å². The second kappa shape index (κ2) is 6.13. The molecular formula is C16H24BNO5. The van der Waals surface area contributed by atoms with Gasteiger partial charge in [-0.05, 0) is 46.6 Å². The molecule has 6 nitrogen and oxygen atoms in total. The first-order valence-electron chi connectivity index (χ1n) is 7.91. The van der Waals surface area contributed by atoms with E-state index in [1.54, 1.807) is 13.1 Å². The largest absolute Gasteiger partial charge is 0.496 e. The number of hydrogen-bond acceptors (Lipinski definition) is 5. The minimum atomic E-state index is -0.639. The Balaban J connectivity index is 2.51. The Morgan fingerprint density at radius 1 is 1.22 bits per heavy atom.